The summed E-state index contributed by atoms with van der Waals surface area (Å²) in [5.74, 6) is 0. The zero-order valence-corrected chi connectivity index (χ0v) is 11.2. The summed E-state index contributed by atoms with van der Waals surface area (Å²) in [6, 6.07) is 0. The molecule has 90 valence electrons. The zero-order valence-electron chi connectivity index (χ0n) is 11.2. The largest absolute Gasteiger partial charge is 0.386 e. The summed E-state index contributed by atoms with van der Waals surface area (Å²) in [6.07, 6.45) is 6.01. The minimum absolute atomic E-state index is 0.151. The molecular weight excluding hydrogens is 196 g/mol. The molecule has 0 heterocycles. The van der Waals surface area contributed by atoms with Crippen LogP contribution in [0.3, 0.4) is 0 Å². The highest BCUT2D eigenvalue weighted by molar-refractivity contribution is 5.39. The Morgan fingerprint density at radius 3 is 2.38 bits per heavy atom. The number of allylic oxidation sites excluding steroid dienone is 4. The van der Waals surface area contributed by atoms with Crippen LogP contribution in [0.4, 0.5) is 0 Å². The topological polar surface area (TPSA) is 20.2 Å². The maximum absolute atomic E-state index is 10.3. The number of hydrogen-bond donors (Lipinski definition) is 1. The van der Waals surface area contributed by atoms with Crippen molar-refractivity contribution in [1.29, 1.82) is 0 Å². The van der Waals surface area contributed by atoms with Gasteiger partial charge < -0.3 is 5.11 Å². The van der Waals surface area contributed by atoms with Gasteiger partial charge in [0.05, 0.1) is 5.60 Å². The maximum Gasteiger partial charge on any atom is 0.0832 e. The highest BCUT2D eigenvalue weighted by Gasteiger charge is 2.37. The molecule has 0 spiro atoms. The molecule has 1 unspecified atom stereocenters. The van der Waals surface area contributed by atoms with E-state index in [-0.39, 0.29) is 5.41 Å². The van der Waals surface area contributed by atoms with Crippen molar-refractivity contribution in [3.63, 3.8) is 0 Å². The Hall–Kier alpha value is -0.820. The van der Waals surface area contributed by atoms with Gasteiger partial charge in [-0.25, -0.2) is 0 Å². The molecule has 1 N–H and O–H groups in total. The number of aliphatic hydroxyl groups is 1. The van der Waals surface area contributed by atoms with E-state index >= 15 is 0 Å². The predicted octanol–water partition coefficient (Wildman–Crippen LogP) is 4.01. The molecule has 1 nitrogen and oxygen atoms in total. The molecule has 0 aromatic carbocycles. The third kappa shape index (κ3) is 2.65. The number of hydrogen-bond acceptors (Lipinski definition) is 1. The van der Waals surface area contributed by atoms with Gasteiger partial charge in [-0.3, -0.25) is 0 Å². The summed E-state index contributed by atoms with van der Waals surface area (Å²) in [7, 11) is 0. The molecule has 1 heteroatoms. The molecule has 1 aliphatic carbocycles. The third-order valence-electron chi connectivity index (χ3n) is 3.71. The highest BCUT2D eigenvalue weighted by atomic mass is 16.3. The summed E-state index contributed by atoms with van der Waals surface area (Å²) in [5.41, 5.74) is 2.90. The van der Waals surface area contributed by atoms with Gasteiger partial charge in [0.25, 0.3) is 0 Å². The highest BCUT2D eigenvalue weighted by Crippen LogP contribution is 2.44. The quantitative estimate of drug-likeness (QED) is 0.697. The van der Waals surface area contributed by atoms with E-state index < -0.39 is 5.60 Å². The second-order valence-electron chi connectivity index (χ2n) is 5.88. The Bertz CT molecular complexity index is 354. The van der Waals surface area contributed by atoms with E-state index in [1.807, 2.05) is 26.8 Å². The average molecular weight is 220 g/mol. The van der Waals surface area contributed by atoms with Crippen molar-refractivity contribution in [2.75, 3.05) is 0 Å². The molecule has 0 bridgehead atoms. The molecule has 0 amide bonds. The van der Waals surface area contributed by atoms with Crippen molar-refractivity contribution in [2.24, 2.45) is 5.41 Å². The van der Waals surface area contributed by atoms with E-state index in [0.717, 1.165) is 24.0 Å². The van der Waals surface area contributed by atoms with Crippen LogP contribution < -0.4 is 0 Å². The molecule has 0 radical (unpaired) electrons. The zero-order chi connectivity index (χ0) is 12.6. The van der Waals surface area contributed by atoms with Gasteiger partial charge >= 0.3 is 0 Å². The van der Waals surface area contributed by atoms with Crippen molar-refractivity contribution >= 4 is 0 Å². The lowest BCUT2D eigenvalue weighted by molar-refractivity contribution is 0.0629. The predicted molar refractivity (Wildman–Crippen MR) is 70.3 cm³/mol. The minimum Gasteiger partial charge on any atom is -0.386 e. The molecule has 0 aromatic rings. The van der Waals surface area contributed by atoms with Crippen LogP contribution in [0.1, 0.15) is 47.5 Å². The average Bonchev–Trinajstić information content (AvgIpc) is 2.12. The van der Waals surface area contributed by atoms with Crippen LogP contribution >= 0.6 is 0 Å². The Labute approximate surface area is 99.6 Å². The first-order valence-corrected chi connectivity index (χ1v) is 5.94. The summed E-state index contributed by atoms with van der Waals surface area (Å²) in [4.78, 5) is 0. The van der Waals surface area contributed by atoms with E-state index in [4.69, 9.17) is 0 Å². The van der Waals surface area contributed by atoms with Crippen LogP contribution in [0.15, 0.2) is 35.5 Å². The summed E-state index contributed by atoms with van der Waals surface area (Å²) >= 11 is 0. The Morgan fingerprint density at radius 2 is 1.88 bits per heavy atom. The molecule has 0 saturated heterocycles. The molecular formula is C15H24O. The van der Waals surface area contributed by atoms with Crippen molar-refractivity contribution < 1.29 is 5.11 Å². The smallest absolute Gasteiger partial charge is 0.0832 e. The van der Waals surface area contributed by atoms with Crippen LogP contribution in [0, 0.1) is 5.41 Å². The van der Waals surface area contributed by atoms with Crippen LogP contribution in [-0.2, 0) is 0 Å². The first kappa shape index (κ1) is 13.2. The van der Waals surface area contributed by atoms with E-state index in [1.165, 1.54) is 5.57 Å². The molecule has 0 saturated carbocycles. The van der Waals surface area contributed by atoms with Gasteiger partial charge in [-0.1, -0.05) is 38.2 Å². The Balaban J connectivity index is 3.20. The number of rotatable bonds is 2. The molecule has 0 aliphatic heterocycles. The van der Waals surface area contributed by atoms with E-state index in [1.54, 1.807) is 0 Å². The fourth-order valence-corrected chi connectivity index (χ4v) is 2.25. The molecule has 0 aromatic heterocycles. The van der Waals surface area contributed by atoms with Crippen LogP contribution in [0.25, 0.3) is 0 Å². The van der Waals surface area contributed by atoms with Crippen molar-refractivity contribution in [3.05, 3.63) is 35.5 Å². The molecule has 1 aliphatic rings. The normalized spacial score (nSPS) is 29.9. The van der Waals surface area contributed by atoms with Gasteiger partial charge in [-0.2, -0.15) is 0 Å². The fourth-order valence-electron chi connectivity index (χ4n) is 2.25. The van der Waals surface area contributed by atoms with Crippen LogP contribution in [0.5, 0.6) is 0 Å². The lowest BCUT2D eigenvalue weighted by Gasteiger charge is -2.40. The van der Waals surface area contributed by atoms with Gasteiger partial charge in [0.2, 0.25) is 0 Å². The van der Waals surface area contributed by atoms with Crippen LogP contribution in [-0.4, -0.2) is 10.7 Å². The fraction of sp³-hybridized carbons (Fsp3) is 0.600. The van der Waals surface area contributed by atoms with Crippen molar-refractivity contribution in [1.82, 2.24) is 0 Å². The second-order valence-corrected chi connectivity index (χ2v) is 5.88. The third-order valence-corrected chi connectivity index (χ3v) is 3.71. The SMILES string of the molecule is C=C(C)/C=C/C1=C(C)C(C)(O)CCC1(C)C. The lowest BCUT2D eigenvalue weighted by atomic mass is 9.67. The first-order valence-electron chi connectivity index (χ1n) is 5.94. The summed E-state index contributed by atoms with van der Waals surface area (Å²) in [6.45, 7) is 14.3. The standard InChI is InChI=1S/C15H24O/c1-11(2)7-8-13-12(3)15(6,16)10-9-14(13,4)5/h7-8,16H,1,9-10H2,2-6H3/b8-7+. The van der Waals surface area contributed by atoms with Gasteiger partial charge in [-0.05, 0) is 50.2 Å². The van der Waals surface area contributed by atoms with Gasteiger partial charge in [0.15, 0.2) is 0 Å². The minimum atomic E-state index is -0.649. The summed E-state index contributed by atoms with van der Waals surface area (Å²) in [5, 5.41) is 10.3. The molecule has 1 atom stereocenters. The monoisotopic (exact) mass is 220 g/mol. The first-order chi connectivity index (χ1) is 7.17. The second kappa shape index (κ2) is 4.21. The van der Waals surface area contributed by atoms with Crippen molar-refractivity contribution in [3.8, 4) is 0 Å². The summed E-state index contributed by atoms with van der Waals surface area (Å²) < 4.78 is 0. The van der Waals surface area contributed by atoms with Crippen LogP contribution in [0.2, 0.25) is 0 Å². The van der Waals surface area contributed by atoms with Gasteiger partial charge in [-0.15, -0.1) is 0 Å². The van der Waals surface area contributed by atoms with Crippen molar-refractivity contribution in [2.45, 2.75) is 53.1 Å². The van der Waals surface area contributed by atoms with E-state index in [9.17, 15) is 5.11 Å². The van der Waals surface area contributed by atoms with E-state index in [2.05, 4.69) is 26.5 Å². The molecule has 16 heavy (non-hydrogen) atoms. The molecule has 1 rings (SSSR count). The maximum atomic E-state index is 10.3. The van der Waals surface area contributed by atoms with Gasteiger partial charge in [0, 0.05) is 0 Å². The van der Waals surface area contributed by atoms with Gasteiger partial charge in [0.1, 0.15) is 0 Å². The lowest BCUT2D eigenvalue weighted by Crippen LogP contribution is -2.36. The Morgan fingerprint density at radius 1 is 1.31 bits per heavy atom. The van der Waals surface area contributed by atoms with E-state index in [0.29, 0.717) is 0 Å². The Kier molecular flexibility index (Phi) is 3.49. The molecule has 0 fully saturated rings.